The standard InChI is InChI=1S/C16H23N3O5S/c1-24-14-7-6-12(10-13(14)16(21)18-11-15(17)20)25(22,23)19-8-4-2-3-5-9-19/h6-7,10H,2-5,8-9,11H2,1H3,(H2,17,20)(H,18,21). The zero-order valence-corrected chi connectivity index (χ0v) is 15.0. The zero-order valence-electron chi connectivity index (χ0n) is 14.2. The molecule has 138 valence electrons. The van der Waals surface area contributed by atoms with Crippen LogP contribution in [-0.2, 0) is 14.8 Å². The van der Waals surface area contributed by atoms with Gasteiger partial charge in [-0.05, 0) is 31.0 Å². The largest absolute Gasteiger partial charge is 0.496 e. The number of nitrogens with one attached hydrogen (secondary N) is 1. The highest BCUT2D eigenvalue weighted by atomic mass is 32.2. The molecule has 2 rings (SSSR count). The summed E-state index contributed by atoms with van der Waals surface area (Å²) in [4.78, 5) is 23.1. The van der Waals surface area contributed by atoms with Gasteiger partial charge in [-0.25, -0.2) is 8.42 Å². The zero-order chi connectivity index (χ0) is 18.4. The quantitative estimate of drug-likeness (QED) is 0.756. The molecular formula is C16H23N3O5S. The van der Waals surface area contributed by atoms with Gasteiger partial charge in [-0.1, -0.05) is 12.8 Å². The molecule has 3 N–H and O–H groups in total. The van der Waals surface area contributed by atoms with Gasteiger partial charge in [0.25, 0.3) is 5.91 Å². The Kier molecular flexibility index (Phi) is 6.38. The van der Waals surface area contributed by atoms with Gasteiger partial charge in [0.05, 0.1) is 24.1 Å². The van der Waals surface area contributed by atoms with Crippen molar-refractivity contribution in [1.29, 1.82) is 0 Å². The summed E-state index contributed by atoms with van der Waals surface area (Å²) in [7, 11) is -2.31. The molecule has 9 heteroatoms. The van der Waals surface area contributed by atoms with Crippen LogP contribution < -0.4 is 15.8 Å². The molecule has 1 aliphatic heterocycles. The van der Waals surface area contributed by atoms with Gasteiger partial charge >= 0.3 is 0 Å². The van der Waals surface area contributed by atoms with Crippen molar-refractivity contribution in [3.63, 3.8) is 0 Å². The van der Waals surface area contributed by atoms with Gasteiger partial charge in [0.1, 0.15) is 5.75 Å². The monoisotopic (exact) mass is 369 g/mol. The molecule has 0 aromatic heterocycles. The minimum absolute atomic E-state index is 0.0272. The number of rotatable bonds is 6. The number of carbonyl (C=O) groups excluding carboxylic acids is 2. The van der Waals surface area contributed by atoms with Crippen LogP contribution in [0, 0.1) is 0 Å². The number of nitrogens with zero attached hydrogens (tertiary/aromatic N) is 1. The molecule has 8 nitrogen and oxygen atoms in total. The Labute approximate surface area is 147 Å². The lowest BCUT2D eigenvalue weighted by Crippen LogP contribution is -2.34. The molecule has 2 amide bonds. The molecule has 0 unspecified atom stereocenters. The fourth-order valence-electron chi connectivity index (χ4n) is 2.72. The second-order valence-corrected chi connectivity index (χ2v) is 7.77. The van der Waals surface area contributed by atoms with Crippen LogP contribution in [0.4, 0.5) is 0 Å². The average Bonchev–Trinajstić information content (AvgIpc) is 2.88. The summed E-state index contributed by atoms with van der Waals surface area (Å²) < 4.78 is 32.3. The molecule has 25 heavy (non-hydrogen) atoms. The molecule has 0 aliphatic carbocycles. The van der Waals surface area contributed by atoms with Crippen LogP contribution in [0.15, 0.2) is 23.1 Å². The second-order valence-electron chi connectivity index (χ2n) is 5.83. The number of sulfonamides is 1. The van der Waals surface area contributed by atoms with E-state index in [4.69, 9.17) is 10.5 Å². The van der Waals surface area contributed by atoms with Crippen molar-refractivity contribution in [2.45, 2.75) is 30.6 Å². The number of benzene rings is 1. The van der Waals surface area contributed by atoms with Crippen molar-refractivity contribution in [3.8, 4) is 5.75 Å². The number of carbonyl (C=O) groups is 2. The fourth-order valence-corrected chi connectivity index (χ4v) is 4.26. The summed E-state index contributed by atoms with van der Waals surface area (Å²) in [6.07, 6.45) is 3.66. The van der Waals surface area contributed by atoms with Gasteiger partial charge in [-0.15, -0.1) is 0 Å². The summed E-state index contributed by atoms with van der Waals surface area (Å²) >= 11 is 0. The predicted molar refractivity (Wildman–Crippen MR) is 91.7 cm³/mol. The van der Waals surface area contributed by atoms with Crippen LogP contribution in [0.2, 0.25) is 0 Å². The molecule has 0 atom stereocenters. The lowest BCUT2D eigenvalue weighted by atomic mass is 10.2. The fraction of sp³-hybridized carbons (Fsp3) is 0.500. The van der Waals surface area contributed by atoms with Gasteiger partial charge in [-0.3, -0.25) is 9.59 Å². The summed E-state index contributed by atoms with van der Waals surface area (Å²) in [5.41, 5.74) is 5.05. The molecule has 0 bridgehead atoms. The number of primary amides is 1. The van der Waals surface area contributed by atoms with E-state index in [1.54, 1.807) is 0 Å². The molecule has 1 aromatic carbocycles. The van der Waals surface area contributed by atoms with Crippen molar-refractivity contribution in [1.82, 2.24) is 9.62 Å². The van der Waals surface area contributed by atoms with Crippen LogP contribution >= 0.6 is 0 Å². The molecule has 1 heterocycles. The van der Waals surface area contributed by atoms with Crippen LogP contribution in [0.3, 0.4) is 0 Å². The maximum absolute atomic E-state index is 12.9. The first-order valence-corrected chi connectivity index (χ1v) is 9.55. The van der Waals surface area contributed by atoms with E-state index < -0.39 is 21.8 Å². The van der Waals surface area contributed by atoms with Gasteiger partial charge in [0.2, 0.25) is 15.9 Å². The molecule has 0 saturated carbocycles. The van der Waals surface area contributed by atoms with Crippen LogP contribution in [0.5, 0.6) is 5.75 Å². The molecule has 1 aromatic rings. The maximum atomic E-state index is 12.9. The minimum atomic E-state index is -3.69. The van der Waals surface area contributed by atoms with E-state index >= 15 is 0 Å². The van der Waals surface area contributed by atoms with E-state index in [0.29, 0.717) is 13.1 Å². The predicted octanol–water partition coefficient (Wildman–Crippen LogP) is 0.475. The highest BCUT2D eigenvalue weighted by molar-refractivity contribution is 7.89. The highest BCUT2D eigenvalue weighted by Gasteiger charge is 2.27. The van der Waals surface area contributed by atoms with Crippen molar-refractivity contribution in [3.05, 3.63) is 23.8 Å². The number of methoxy groups -OCH3 is 1. The van der Waals surface area contributed by atoms with Crippen LogP contribution in [0.1, 0.15) is 36.0 Å². The van der Waals surface area contributed by atoms with Crippen LogP contribution in [0.25, 0.3) is 0 Å². The number of hydrogen-bond acceptors (Lipinski definition) is 5. The average molecular weight is 369 g/mol. The Bertz CT molecular complexity index is 740. The number of hydrogen-bond donors (Lipinski definition) is 2. The first kappa shape index (κ1) is 19.2. The van der Waals surface area contributed by atoms with E-state index in [1.165, 1.54) is 29.6 Å². The lowest BCUT2D eigenvalue weighted by molar-refractivity contribution is -0.117. The van der Waals surface area contributed by atoms with Crippen LogP contribution in [-0.4, -0.2) is 51.3 Å². The minimum Gasteiger partial charge on any atom is -0.496 e. The topological polar surface area (TPSA) is 119 Å². The Morgan fingerprint density at radius 2 is 1.84 bits per heavy atom. The summed E-state index contributed by atoms with van der Waals surface area (Å²) in [6, 6.07) is 4.13. The van der Waals surface area contributed by atoms with Crippen molar-refractivity contribution < 1.29 is 22.7 Å². The molecule has 0 spiro atoms. The smallest absolute Gasteiger partial charge is 0.255 e. The van der Waals surface area contributed by atoms with E-state index in [0.717, 1.165) is 25.7 Å². The van der Waals surface area contributed by atoms with E-state index in [2.05, 4.69) is 5.32 Å². The Balaban J connectivity index is 2.33. The maximum Gasteiger partial charge on any atom is 0.255 e. The van der Waals surface area contributed by atoms with Crippen molar-refractivity contribution >= 4 is 21.8 Å². The third kappa shape index (κ3) is 4.70. The molecule has 0 radical (unpaired) electrons. The van der Waals surface area contributed by atoms with E-state index in [9.17, 15) is 18.0 Å². The van der Waals surface area contributed by atoms with Crippen molar-refractivity contribution in [2.24, 2.45) is 5.73 Å². The first-order chi connectivity index (χ1) is 11.9. The van der Waals surface area contributed by atoms with E-state index in [-0.39, 0.29) is 22.8 Å². The number of amides is 2. The first-order valence-electron chi connectivity index (χ1n) is 8.11. The Hall–Kier alpha value is -2.13. The third-order valence-corrected chi connectivity index (χ3v) is 5.94. The molecule has 1 aliphatic rings. The number of ether oxygens (including phenoxy) is 1. The van der Waals surface area contributed by atoms with Gasteiger partial charge in [0, 0.05) is 13.1 Å². The molecule has 1 fully saturated rings. The van der Waals surface area contributed by atoms with Gasteiger partial charge < -0.3 is 15.8 Å². The second kappa shape index (κ2) is 8.30. The Morgan fingerprint density at radius 3 is 2.40 bits per heavy atom. The van der Waals surface area contributed by atoms with E-state index in [1.807, 2.05) is 0 Å². The van der Waals surface area contributed by atoms with Gasteiger partial charge in [-0.2, -0.15) is 4.31 Å². The normalized spacial score (nSPS) is 16.0. The summed E-state index contributed by atoms with van der Waals surface area (Å²) in [5.74, 6) is -1.10. The summed E-state index contributed by atoms with van der Waals surface area (Å²) in [6.45, 7) is 0.597. The lowest BCUT2D eigenvalue weighted by Gasteiger charge is -2.20. The summed E-state index contributed by atoms with van der Waals surface area (Å²) in [5, 5.41) is 2.34. The third-order valence-electron chi connectivity index (χ3n) is 4.04. The molecular weight excluding hydrogens is 346 g/mol. The van der Waals surface area contributed by atoms with Crippen molar-refractivity contribution in [2.75, 3.05) is 26.7 Å². The molecule has 1 saturated heterocycles. The number of nitrogens with two attached hydrogens (primary N) is 1. The Morgan fingerprint density at radius 1 is 1.20 bits per heavy atom. The SMILES string of the molecule is COc1ccc(S(=O)(=O)N2CCCCCC2)cc1C(=O)NCC(N)=O. The highest BCUT2D eigenvalue weighted by Crippen LogP contribution is 2.26. The van der Waals surface area contributed by atoms with Gasteiger partial charge in [0.15, 0.2) is 0 Å².